The van der Waals surface area contributed by atoms with E-state index in [1.54, 1.807) is 0 Å². The van der Waals surface area contributed by atoms with E-state index in [1.165, 1.54) is 4.90 Å². The number of hydrogen-bond donors (Lipinski definition) is 1. The van der Waals surface area contributed by atoms with Crippen LogP contribution in [0.1, 0.15) is 11.1 Å². The van der Waals surface area contributed by atoms with Gasteiger partial charge in [-0.05, 0) is 35.7 Å². The quantitative estimate of drug-likeness (QED) is 0.601. The van der Waals surface area contributed by atoms with E-state index in [0.717, 1.165) is 29.0 Å². The van der Waals surface area contributed by atoms with Crippen molar-refractivity contribution in [3.05, 3.63) is 96.1 Å². The molecule has 2 fully saturated rings. The second-order valence-electron chi connectivity index (χ2n) is 9.40. The van der Waals surface area contributed by atoms with E-state index < -0.39 is 29.3 Å². The van der Waals surface area contributed by atoms with Crippen molar-refractivity contribution in [3.63, 3.8) is 0 Å². The van der Waals surface area contributed by atoms with Gasteiger partial charge in [-0.1, -0.05) is 66.7 Å². The van der Waals surface area contributed by atoms with E-state index in [4.69, 9.17) is 0 Å². The number of benzene rings is 3. The van der Waals surface area contributed by atoms with E-state index >= 15 is 0 Å². The van der Waals surface area contributed by atoms with Gasteiger partial charge in [0.1, 0.15) is 0 Å². The first-order valence-corrected chi connectivity index (χ1v) is 11.9. The molecule has 6 rings (SSSR count). The molecule has 3 aromatic carbocycles. The Morgan fingerprint density at radius 1 is 0.829 bits per heavy atom. The number of piperazine rings is 1. The number of para-hydroxylation sites is 2. The Morgan fingerprint density at radius 2 is 1.51 bits per heavy atom. The van der Waals surface area contributed by atoms with Crippen LogP contribution in [0.3, 0.4) is 0 Å². The van der Waals surface area contributed by atoms with Crippen molar-refractivity contribution in [1.29, 1.82) is 0 Å². The summed E-state index contributed by atoms with van der Waals surface area (Å²) in [6.45, 7) is 2.07. The second-order valence-corrected chi connectivity index (χ2v) is 9.40. The maximum atomic E-state index is 14.2. The highest BCUT2D eigenvalue weighted by Crippen LogP contribution is 2.46. The Balaban J connectivity index is 1.44. The Hall–Kier alpha value is -4.13. The number of urea groups is 1. The van der Waals surface area contributed by atoms with Gasteiger partial charge in [0.2, 0.25) is 11.8 Å². The van der Waals surface area contributed by atoms with Crippen LogP contribution in [0.25, 0.3) is 0 Å². The third-order valence-electron chi connectivity index (χ3n) is 7.52. The fourth-order valence-electron chi connectivity index (χ4n) is 5.79. The van der Waals surface area contributed by atoms with Crippen molar-refractivity contribution in [1.82, 2.24) is 10.2 Å². The number of nitrogens with zero attached hydrogens (tertiary/aromatic N) is 3. The number of fused-ring (bicyclic) bond motifs is 4. The molecule has 0 unspecified atom stereocenters. The predicted molar refractivity (Wildman–Crippen MR) is 133 cm³/mol. The fourth-order valence-corrected chi connectivity index (χ4v) is 5.79. The van der Waals surface area contributed by atoms with Gasteiger partial charge in [-0.2, -0.15) is 0 Å². The van der Waals surface area contributed by atoms with E-state index in [9.17, 15) is 14.4 Å². The number of amides is 4. The summed E-state index contributed by atoms with van der Waals surface area (Å²) in [5.41, 5.74) is 2.51. The van der Waals surface area contributed by atoms with Gasteiger partial charge in [-0.15, -0.1) is 0 Å². The molecule has 7 heteroatoms. The normalized spacial score (nSPS) is 23.7. The topological polar surface area (TPSA) is 73.0 Å². The molecule has 1 spiro atoms. The predicted octanol–water partition coefficient (Wildman–Crippen LogP) is 3.20. The Bertz CT molecular complexity index is 1300. The zero-order chi connectivity index (χ0) is 24.0. The number of barbiturate groups is 1. The lowest BCUT2D eigenvalue weighted by Crippen LogP contribution is -2.75. The number of carbonyl (C=O) groups excluding carboxylic acids is 3. The van der Waals surface area contributed by atoms with Crippen molar-refractivity contribution in [2.45, 2.75) is 19.0 Å². The van der Waals surface area contributed by atoms with Crippen molar-refractivity contribution >= 4 is 29.2 Å². The molecule has 0 radical (unpaired) electrons. The summed E-state index contributed by atoms with van der Waals surface area (Å²) in [5.74, 6) is -0.925. The number of imide groups is 2. The van der Waals surface area contributed by atoms with Crippen molar-refractivity contribution in [2.75, 3.05) is 29.4 Å². The van der Waals surface area contributed by atoms with Crippen LogP contribution in [0.4, 0.5) is 16.2 Å². The van der Waals surface area contributed by atoms with E-state index in [1.807, 2.05) is 78.9 Å². The monoisotopic (exact) mass is 466 g/mol. The highest BCUT2D eigenvalue weighted by atomic mass is 16.2. The molecule has 3 aromatic rings. The highest BCUT2D eigenvalue weighted by molar-refractivity contribution is 6.20. The average molecular weight is 467 g/mol. The molecule has 2 atom stereocenters. The van der Waals surface area contributed by atoms with Crippen LogP contribution in [0.15, 0.2) is 84.9 Å². The maximum absolute atomic E-state index is 14.2. The molecule has 176 valence electrons. The lowest BCUT2D eigenvalue weighted by Gasteiger charge is -2.55. The molecule has 1 N–H and O–H groups in total. The second kappa shape index (κ2) is 8.27. The van der Waals surface area contributed by atoms with E-state index in [-0.39, 0.29) is 13.0 Å². The average Bonchev–Trinajstić information content (AvgIpc) is 2.90. The first kappa shape index (κ1) is 21.4. The van der Waals surface area contributed by atoms with E-state index in [0.29, 0.717) is 13.1 Å². The molecular formula is C28H26N4O3. The number of anilines is 2. The summed E-state index contributed by atoms with van der Waals surface area (Å²) in [6.07, 6.45) is 0.260. The van der Waals surface area contributed by atoms with Crippen LogP contribution in [0.2, 0.25) is 0 Å². The molecule has 4 amide bonds. The third kappa shape index (κ3) is 3.38. The van der Waals surface area contributed by atoms with Gasteiger partial charge in [0.15, 0.2) is 5.41 Å². The van der Waals surface area contributed by atoms with Gasteiger partial charge in [0.05, 0.1) is 12.6 Å². The van der Waals surface area contributed by atoms with Crippen molar-refractivity contribution in [2.24, 2.45) is 5.41 Å². The van der Waals surface area contributed by atoms with Gasteiger partial charge in [0, 0.05) is 31.0 Å². The Morgan fingerprint density at radius 3 is 2.29 bits per heavy atom. The minimum Gasteiger partial charge on any atom is -0.368 e. The molecule has 0 aliphatic carbocycles. The largest absolute Gasteiger partial charge is 0.368 e. The lowest BCUT2D eigenvalue weighted by molar-refractivity contribution is -0.154. The highest BCUT2D eigenvalue weighted by Gasteiger charge is 2.62. The molecular weight excluding hydrogens is 440 g/mol. The number of nitrogens with one attached hydrogen (secondary N) is 1. The van der Waals surface area contributed by atoms with Crippen LogP contribution < -0.4 is 15.1 Å². The number of carbonyl (C=O) groups is 3. The van der Waals surface area contributed by atoms with Crippen molar-refractivity contribution in [3.8, 4) is 0 Å². The molecule has 2 saturated heterocycles. The Labute approximate surface area is 203 Å². The summed E-state index contributed by atoms with van der Waals surface area (Å²) < 4.78 is 0. The summed E-state index contributed by atoms with van der Waals surface area (Å²) in [6, 6.07) is 26.4. The van der Waals surface area contributed by atoms with Crippen LogP contribution in [-0.2, 0) is 22.6 Å². The molecule has 3 aliphatic rings. The first-order valence-electron chi connectivity index (χ1n) is 11.9. The van der Waals surface area contributed by atoms with Crippen LogP contribution in [0.5, 0.6) is 0 Å². The van der Waals surface area contributed by atoms with Gasteiger partial charge < -0.3 is 9.80 Å². The summed E-state index contributed by atoms with van der Waals surface area (Å²) in [7, 11) is 0. The Kier molecular flexibility index (Phi) is 5.06. The molecule has 0 bridgehead atoms. The number of rotatable bonds is 3. The molecule has 7 nitrogen and oxygen atoms in total. The summed E-state index contributed by atoms with van der Waals surface area (Å²) in [4.78, 5) is 46.4. The minimum atomic E-state index is -1.40. The van der Waals surface area contributed by atoms with Gasteiger partial charge in [-0.3, -0.25) is 19.8 Å². The molecule has 0 aromatic heterocycles. The molecule has 3 aliphatic heterocycles. The van der Waals surface area contributed by atoms with Crippen LogP contribution in [-0.4, -0.2) is 48.4 Å². The third-order valence-corrected chi connectivity index (χ3v) is 7.52. The molecule has 0 saturated carbocycles. The first-order chi connectivity index (χ1) is 17.1. The standard InChI is InChI=1S/C28H26N4O3/c33-25-28(26(34)32(27(35)29-25)18-20-9-3-1-4-10-20)17-21-11-7-8-14-23(21)31-16-15-30(19-24(28)31)22-12-5-2-6-13-22/h1-14,24H,15-19H2,(H,29,33,35)/t24-,28+/m0/s1. The summed E-state index contributed by atoms with van der Waals surface area (Å²) >= 11 is 0. The molecule has 35 heavy (non-hydrogen) atoms. The van der Waals surface area contributed by atoms with Crippen molar-refractivity contribution < 1.29 is 14.4 Å². The van der Waals surface area contributed by atoms with Gasteiger partial charge in [0.25, 0.3) is 0 Å². The lowest BCUT2D eigenvalue weighted by atomic mass is 9.67. The van der Waals surface area contributed by atoms with Gasteiger partial charge in [-0.25, -0.2) is 4.79 Å². The zero-order valence-corrected chi connectivity index (χ0v) is 19.3. The van der Waals surface area contributed by atoms with Crippen LogP contribution in [0, 0.1) is 5.41 Å². The smallest absolute Gasteiger partial charge is 0.331 e. The zero-order valence-electron chi connectivity index (χ0n) is 19.3. The van der Waals surface area contributed by atoms with Gasteiger partial charge >= 0.3 is 6.03 Å². The summed E-state index contributed by atoms with van der Waals surface area (Å²) in [5, 5.41) is 2.54. The van der Waals surface area contributed by atoms with E-state index in [2.05, 4.69) is 21.2 Å². The SMILES string of the molecule is O=C1NC(=O)[C@]2(Cc3ccccc3N3CCN(c4ccccc4)C[C@H]32)C(=O)N1Cc1ccccc1. The number of hydrogen-bond acceptors (Lipinski definition) is 5. The maximum Gasteiger partial charge on any atom is 0.331 e. The fraction of sp³-hybridized carbons (Fsp3) is 0.250. The minimum absolute atomic E-state index is 0.122. The van der Waals surface area contributed by atoms with Crippen LogP contribution >= 0.6 is 0 Å². The molecule has 3 heterocycles.